The second-order valence-corrected chi connectivity index (χ2v) is 4.38. The van der Waals surface area contributed by atoms with Crippen molar-refractivity contribution in [3.8, 4) is 0 Å². The molecule has 17 heavy (non-hydrogen) atoms. The fourth-order valence-electron chi connectivity index (χ4n) is 1.85. The van der Waals surface area contributed by atoms with Gasteiger partial charge in [-0.3, -0.25) is 0 Å². The van der Waals surface area contributed by atoms with Crippen molar-refractivity contribution in [2.45, 2.75) is 52.4 Å². The molecule has 0 radical (unpaired) electrons. The number of nitrogens with zero attached hydrogens (tertiary/aromatic N) is 4. The first kappa shape index (κ1) is 13.9. The summed E-state index contributed by atoms with van der Waals surface area (Å²) < 4.78 is 0. The van der Waals surface area contributed by atoms with Gasteiger partial charge in [0, 0.05) is 19.2 Å². The van der Waals surface area contributed by atoms with Crippen LogP contribution in [-0.4, -0.2) is 28.5 Å². The van der Waals surface area contributed by atoms with Crippen molar-refractivity contribution in [1.82, 2.24) is 15.4 Å². The highest BCUT2D eigenvalue weighted by atomic mass is 15.4. The van der Waals surface area contributed by atoms with Gasteiger partial charge >= 0.3 is 0 Å². The molecule has 4 nitrogen and oxygen atoms in total. The average Bonchev–Trinajstić information content (AvgIpc) is 2.38. The van der Waals surface area contributed by atoms with Crippen LogP contribution >= 0.6 is 0 Å². The Morgan fingerprint density at radius 2 is 1.65 bits per heavy atom. The van der Waals surface area contributed by atoms with E-state index >= 15 is 0 Å². The minimum absolute atomic E-state index is 0.965. The third-order valence-electron chi connectivity index (χ3n) is 2.88. The zero-order valence-corrected chi connectivity index (χ0v) is 11.1. The van der Waals surface area contributed by atoms with Crippen LogP contribution in [0.15, 0.2) is 12.3 Å². The van der Waals surface area contributed by atoms with Crippen molar-refractivity contribution in [3.05, 3.63) is 12.3 Å². The molecule has 1 aromatic rings. The van der Waals surface area contributed by atoms with E-state index in [2.05, 4.69) is 34.2 Å². The van der Waals surface area contributed by atoms with Gasteiger partial charge in [0.05, 0.1) is 6.20 Å². The summed E-state index contributed by atoms with van der Waals surface area (Å²) in [5.41, 5.74) is 0. The molecule has 1 rings (SSSR count). The minimum atomic E-state index is 0.965. The average molecular weight is 236 g/mol. The van der Waals surface area contributed by atoms with E-state index in [0.29, 0.717) is 0 Å². The van der Waals surface area contributed by atoms with Crippen molar-refractivity contribution in [2.24, 2.45) is 0 Å². The number of rotatable bonds is 9. The van der Waals surface area contributed by atoms with Crippen LogP contribution in [-0.2, 0) is 0 Å². The molecule has 0 saturated carbocycles. The van der Waals surface area contributed by atoms with Crippen molar-refractivity contribution in [3.63, 3.8) is 0 Å². The van der Waals surface area contributed by atoms with E-state index < -0.39 is 0 Å². The van der Waals surface area contributed by atoms with Crippen LogP contribution < -0.4 is 4.90 Å². The van der Waals surface area contributed by atoms with Gasteiger partial charge in [0.1, 0.15) is 0 Å². The molecule has 0 aliphatic carbocycles. The van der Waals surface area contributed by atoms with Crippen molar-refractivity contribution in [2.75, 3.05) is 18.0 Å². The maximum absolute atomic E-state index is 4.10. The minimum Gasteiger partial charge on any atom is -0.355 e. The van der Waals surface area contributed by atoms with E-state index in [0.717, 1.165) is 18.9 Å². The highest BCUT2D eigenvalue weighted by molar-refractivity contribution is 5.35. The van der Waals surface area contributed by atoms with Crippen LogP contribution in [0, 0.1) is 0 Å². The van der Waals surface area contributed by atoms with Crippen LogP contribution in [0.1, 0.15) is 52.4 Å². The highest BCUT2D eigenvalue weighted by Gasteiger charge is 2.07. The van der Waals surface area contributed by atoms with Crippen LogP contribution in [0.4, 0.5) is 5.82 Å². The van der Waals surface area contributed by atoms with Gasteiger partial charge < -0.3 is 4.90 Å². The number of anilines is 1. The molecule has 0 atom stereocenters. The zero-order valence-electron chi connectivity index (χ0n) is 11.1. The largest absolute Gasteiger partial charge is 0.355 e. The van der Waals surface area contributed by atoms with Crippen LogP contribution in [0.5, 0.6) is 0 Å². The SMILES string of the molecule is CCCCCN(CCCCC)c1ccnnn1. The van der Waals surface area contributed by atoms with E-state index in [1.165, 1.54) is 38.5 Å². The van der Waals surface area contributed by atoms with Gasteiger partial charge in [0.25, 0.3) is 0 Å². The lowest BCUT2D eigenvalue weighted by atomic mass is 10.2. The van der Waals surface area contributed by atoms with E-state index in [1.54, 1.807) is 6.20 Å². The molecule has 0 unspecified atom stereocenters. The predicted molar refractivity (Wildman–Crippen MR) is 71.1 cm³/mol. The van der Waals surface area contributed by atoms with Gasteiger partial charge in [0.15, 0.2) is 5.82 Å². The topological polar surface area (TPSA) is 41.9 Å². The summed E-state index contributed by atoms with van der Waals surface area (Å²) in [5, 5.41) is 11.6. The normalized spacial score (nSPS) is 10.5. The Labute approximate surface area is 104 Å². The van der Waals surface area contributed by atoms with Gasteiger partial charge in [0.2, 0.25) is 0 Å². The molecule has 0 aromatic carbocycles. The third kappa shape index (κ3) is 5.61. The first-order valence-electron chi connectivity index (χ1n) is 6.77. The van der Waals surface area contributed by atoms with Gasteiger partial charge in [-0.15, -0.1) is 10.2 Å². The Kier molecular flexibility index (Phi) is 7.27. The number of hydrogen-bond donors (Lipinski definition) is 0. The maximum Gasteiger partial charge on any atom is 0.154 e. The van der Waals surface area contributed by atoms with Crippen LogP contribution in [0.25, 0.3) is 0 Å². The smallest absolute Gasteiger partial charge is 0.154 e. The van der Waals surface area contributed by atoms with Crippen molar-refractivity contribution >= 4 is 5.82 Å². The standard InChI is InChI=1S/C13H24N4/c1-3-5-7-11-17(12-8-6-4-2)13-9-10-14-16-15-13/h9-10H,3-8,11-12H2,1-2H3. The monoisotopic (exact) mass is 236 g/mol. The summed E-state index contributed by atoms with van der Waals surface area (Å²) in [6, 6.07) is 1.95. The third-order valence-corrected chi connectivity index (χ3v) is 2.88. The van der Waals surface area contributed by atoms with Gasteiger partial charge in [-0.1, -0.05) is 39.5 Å². The Bertz CT molecular complexity index is 266. The molecule has 0 amide bonds. The van der Waals surface area contributed by atoms with E-state index in [1.807, 2.05) is 6.07 Å². The lowest BCUT2D eigenvalue weighted by Gasteiger charge is -2.22. The van der Waals surface area contributed by atoms with Gasteiger partial charge in [-0.25, -0.2) is 0 Å². The zero-order chi connectivity index (χ0) is 12.3. The summed E-state index contributed by atoms with van der Waals surface area (Å²) in [5.74, 6) is 0.965. The Hall–Kier alpha value is -1.19. The number of aromatic nitrogens is 3. The van der Waals surface area contributed by atoms with Crippen LogP contribution in [0.3, 0.4) is 0 Å². The lowest BCUT2D eigenvalue weighted by molar-refractivity contribution is 0.626. The second-order valence-electron chi connectivity index (χ2n) is 4.38. The summed E-state index contributed by atoms with van der Waals surface area (Å²) in [4.78, 5) is 2.33. The van der Waals surface area contributed by atoms with Crippen LogP contribution in [0.2, 0.25) is 0 Å². The molecule has 0 aliphatic heterocycles. The summed E-state index contributed by atoms with van der Waals surface area (Å²) >= 11 is 0. The quantitative estimate of drug-likeness (QED) is 0.618. The first-order valence-corrected chi connectivity index (χ1v) is 6.77. The van der Waals surface area contributed by atoms with E-state index in [-0.39, 0.29) is 0 Å². The lowest BCUT2D eigenvalue weighted by Crippen LogP contribution is -2.27. The Morgan fingerprint density at radius 3 is 2.12 bits per heavy atom. The van der Waals surface area contributed by atoms with Gasteiger partial charge in [-0.2, -0.15) is 0 Å². The number of unbranched alkanes of at least 4 members (excludes halogenated alkanes) is 4. The number of hydrogen-bond acceptors (Lipinski definition) is 4. The molecule has 4 heteroatoms. The molecular formula is C13H24N4. The molecule has 1 heterocycles. The first-order chi connectivity index (χ1) is 8.38. The summed E-state index contributed by atoms with van der Waals surface area (Å²) in [7, 11) is 0. The maximum atomic E-state index is 4.10. The summed E-state index contributed by atoms with van der Waals surface area (Å²) in [6.45, 7) is 6.62. The molecule has 0 aliphatic rings. The fourth-order valence-corrected chi connectivity index (χ4v) is 1.85. The Morgan fingerprint density at radius 1 is 1.00 bits per heavy atom. The molecule has 96 valence electrons. The van der Waals surface area contributed by atoms with Gasteiger partial charge in [-0.05, 0) is 18.1 Å². The molecular weight excluding hydrogens is 212 g/mol. The molecule has 1 aromatic heterocycles. The molecule has 0 fully saturated rings. The molecule has 0 spiro atoms. The second kappa shape index (κ2) is 8.90. The van der Waals surface area contributed by atoms with Crippen molar-refractivity contribution < 1.29 is 0 Å². The van der Waals surface area contributed by atoms with E-state index in [9.17, 15) is 0 Å². The summed E-state index contributed by atoms with van der Waals surface area (Å²) in [6.07, 6.45) is 9.25. The van der Waals surface area contributed by atoms with E-state index in [4.69, 9.17) is 0 Å². The fraction of sp³-hybridized carbons (Fsp3) is 0.769. The Balaban J connectivity index is 2.46. The van der Waals surface area contributed by atoms with Crippen molar-refractivity contribution in [1.29, 1.82) is 0 Å². The highest BCUT2D eigenvalue weighted by Crippen LogP contribution is 2.11. The molecule has 0 N–H and O–H groups in total. The molecule has 0 bridgehead atoms. The predicted octanol–water partition coefficient (Wildman–Crippen LogP) is 3.06. The molecule has 0 saturated heterocycles.